The zero-order valence-electron chi connectivity index (χ0n) is 12.5. The summed E-state index contributed by atoms with van der Waals surface area (Å²) in [6.07, 6.45) is 9.99. The van der Waals surface area contributed by atoms with E-state index in [1.165, 1.54) is 71.1 Å². The van der Waals surface area contributed by atoms with E-state index in [1.807, 2.05) is 0 Å². The van der Waals surface area contributed by atoms with Crippen LogP contribution in [0, 0.1) is 11.8 Å². The van der Waals surface area contributed by atoms with Crippen LogP contribution >= 0.6 is 0 Å². The van der Waals surface area contributed by atoms with E-state index in [2.05, 4.69) is 24.1 Å². The Kier molecular flexibility index (Phi) is 5.97. The molecule has 0 aromatic carbocycles. The predicted molar refractivity (Wildman–Crippen MR) is 78.9 cm³/mol. The van der Waals surface area contributed by atoms with Crippen LogP contribution in [0.4, 0.5) is 0 Å². The zero-order valence-corrected chi connectivity index (χ0v) is 12.5. The molecule has 1 atom stereocenters. The molecule has 0 radical (unpaired) electrons. The van der Waals surface area contributed by atoms with Crippen LogP contribution in [0.2, 0.25) is 0 Å². The number of hydrogen-bond acceptors (Lipinski definition) is 2. The Morgan fingerprint density at radius 2 is 1.89 bits per heavy atom. The maximum Gasteiger partial charge on any atom is 0.00413 e. The summed E-state index contributed by atoms with van der Waals surface area (Å²) in [6.45, 7) is 9.93. The second-order valence-electron chi connectivity index (χ2n) is 6.77. The molecular weight excluding hydrogens is 220 g/mol. The summed E-state index contributed by atoms with van der Waals surface area (Å²) >= 11 is 0. The molecule has 106 valence electrons. The van der Waals surface area contributed by atoms with Gasteiger partial charge in [0.1, 0.15) is 0 Å². The largest absolute Gasteiger partial charge is 0.314 e. The SMILES string of the molecule is CC1CCN(CCCNC(C)CC2CCC2)CC1. The second-order valence-corrected chi connectivity index (χ2v) is 6.77. The molecule has 1 aliphatic carbocycles. The fourth-order valence-corrected chi connectivity index (χ4v) is 3.25. The fourth-order valence-electron chi connectivity index (χ4n) is 3.25. The van der Waals surface area contributed by atoms with E-state index in [4.69, 9.17) is 0 Å². The van der Waals surface area contributed by atoms with Gasteiger partial charge >= 0.3 is 0 Å². The quantitative estimate of drug-likeness (QED) is 0.700. The lowest BCUT2D eigenvalue weighted by atomic mass is 9.81. The van der Waals surface area contributed by atoms with Gasteiger partial charge in [0.25, 0.3) is 0 Å². The summed E-state index contributed by atoms with van der Waals surface area (Å²) in [6, 6.07) is 0.733. The molecule has 0 aromatic heterocycles. The van der Waals surface area contributed by atoms with Crippen molar-refractivity contribution in [2.24, 2.45) is 11.8 Å². The maximum absolute atomic E-state index is 3.70. The highest BCUT2D eigenvalue weighted by Crippen LogP contribution is 2.30. The standard InChI is InChI=1S/C16H32N2/c1-14-7-11-18(12-8-14)10-4-9-17-15(2)13-16-5-3-6-16/h14-17H,3-13H2,1-2H3. The Morgan fingerprint density at radius 3 is 2.50 bits per heavy atom. The number of nitrogens with one attached hydrogen (secondary N) is 1. The van der Waals surface area contributed by atoms with Crippen LogP contribution in [0.3, 0.4) is 0 Å². The third-order valence-electron chi connectivity index (χ3n) is 4.93. The van der Waals surface area contributed by atoms with Gasteiger partial charge in [-0.3, -0.25) is 0 Å². The minimum absolute atomic E-state index is 0.733. The van der Waals surface area contributed by atoms with E-state index in [9.17, 15) is 0 Å². The van der Waals surface area contributed by atoms with Crippen molar-refractivity contribution in [3.63, 3.8) is 0 Å². The van der Waals surface area contributed by atoms with Gasteiger partial charge in [0.2, 0.25) is 0 Å². The number of rotatable bonds is 7. The van der Waals surface area contributed by atoms with Crippen LogP contribution in [0.15, 0.2) is 0 Å². The highest BCUT2D eigenvalue weighted by Gasteiger charge is 2.19. The third-order valence-corrected chi connectivity index (χ3v) is 4.93. The van der Waals surface area contributed by atoms with Crippen molar-refractivity contribution in [1.82, 2.24) is 10.2 Å². The normalized spacial score (nSPS) is 25.0. The molecular formula is C16H32N2. The first-order valence-corrected chi connectivity index (χ1v) is 8.20. The average molecular weight is 252 g/mol. The molecule has 1 heterocycles. The molecule has 1 saturated heterocycles. The van der Waals surface area contributed by atoms with Crippen LogP contribution < -0.4 is 5.32 Å². The van der Waals surface area contributed by atoms with Crippen molar-refractivity contribution < 1.29 is 0 Å². The Labute approximate surface area is 114 Å². The van der Waals surface area contributed by atoms with Crippen molar-refractivity contribution >= 4 is 0 Å². The lowest BCUT2D eigenvalue weighted by molar-refractivity contribution is 0.189. The molecule has 2 aliphatic rings. The lowest BCUT2D eigenvalue weighted by Crippen LogP contribution is -2.36. The highest BCUT2D eigenvalue weighted by atomic mass is 15.1. The van der Waals surface area contributed by atoms with E-state index in [-0.39, 0.29) is 0 Å². The van der Waals surface area contributed by atoms with Crippen LogP contribution in [-0.2, 0) is 0 Å². The van der Waals surface area contributed by atoms with Crippen molar-refractivity contribution in [3.05, 3.63) is 0 Å². The monoisotopic (exact) mass is 252 g/mol. The van der Waals surface area contributed by atoms with Crippen LogP contribution in [0.25, 0.3) is 0 Å². The van der Waals surface area contributed by atoms with E-state index < -0.39 is 0 Å². The third kappa shape index (κ3) is 4.89. The van der Waals surface area contributed by atoms with E-state index >= 15 is 0 Å². The number of nitrogens with zero attached hydrogens (tertiary/aromatic N) is 1. The molecule has 2 heteroatoms. The fraction of sp³-hybridized carbons (Fsp3) is 1.00. The molecule has 18 heavy (non-hydrogen) atoms. The lowest BCUT2D eigenvalue weighted by Gasteiger charge is -2.31. The van der Waals surface area contributed by atoms with Gasteiger partial charge in [-0.2, -0.15) is 0 Å². The van der Waals surface area contributed by atoms with Gasteiger partial charge < -0.3 is 10.2 Å². The molecule has 2 fully saturated rings. The van der Waals surface area contributed by atoms with Gasteiger partial charge in [0.05, 0.1) is 0 Å². The van der Waals surface area contributed by atoms with Gasteiger partial charge in [-0.25, -0.2) is 0 Å². The topological polar surface area (TPSA) is 15.3 Å². The molecule has 0 aromatic rings. The van der Waals surface area contributed by atoms with Gasteiger partial charge in [-0.05, 0) is 70.6 Å². The van der Waals surface area contributed by atoms with Crippen molar-refractivity contribution in [1.29, 1.82) is 0 Å². The van der Waals surface area contributed by atoms with Gasteiger partial charge in [-0.1, -0.05) is 26.2 Å². The Balaban J connectivity index is 1.45. The zero-order chi connectivity index (χ0) is 12.8. The highest BCUT2D eigenvalue weighted by molar-refractivity contribution is 4.75. The van der Waals surface area contributed by atoms with Crippen LogP contribution in [0.5, 0.6) is 0 Å². The molecule has 1 N–H and O–H groups in total. The first-order valence-electron chi connectivity index (χ1n) is 8.20. The van der Waals surface area contributed by atoms with Gasteiger partial charge in [0.15, 0.2) is 0 Å². The predicted octanol–water partition coefficient (Wildman–Crippen LogP) is 3.28. The first kappa shape index (κ1) is 14.3. The smallest absolute Gasteiger partial charge is 0.00413 e. The van der Waals surface area contributed by atoms with Gasteiger partial charge in [0, 0.05) is 6.04 Å². The molecule has 0 amide bonds. The molecule has 1 aliphatic heterocycles. The van der Waals surface area contributed by atoms with E-state index in [0.717, 1.165) is 17.9 Å². The molecule has 2 rings (SSSR count). The first-order chi connectivity index (χ1) is 8.74. The maximum atomic E-state index is 3.70. The number of piperidine rings is 1. The van der Waals surface area contributed by atoms with Gasteiger partial charge in [-0.15, -0.1) is 0 Å². The van der Waals surface area contributed by atoms with Crippen LogP contribution in [0.1, 0.15) is 58.8 Å². The number of hydrogen-bond donors (Lipinski definition) is 1. The summed E-state index contributed by atoms with van der Waals surface area (Å²) in [4.78, 5) is 2.65. The number of likely N-dealkylation sites (tertiary alicyclic amines) is 1. The van der Waals surface area contributed by atoms with Crippen molar-refractivity contribution in [2.45, 2.75) is 64.8 Å². The molecule has 1 unspecified atom stereocenters. The summed E-state index contributed by atoms with van der Waals surface area (Å²) in [5, 5.41) is 3.70. The Bertz CT molecular complexity index is 217. The van der Waals surface area contributed by atoms with Crippen molar-refractivity contribution in [3.8, 4) is 0 Å². The summed E-state index contributed by atoms with van der Waals surface area (Å²) in [5.41, 5.74) is 0. The van der Waals surface area contributed by atoms with E-state index in [0.29, 0.717) is 0 Å². The molecule has 2 nitrogen and oxygen atoms in total. The van der Waals surface area contributed by atoms with E-state index in [1.54, 1.807) is 0 Å². The minimum Gasteiger partial charge on any atom is -0.314 e. The molecule has 0 spiro atoms. The van der Waals surface area contributed by atoms with Crippen LogP contribution in [-0.4, -0.2) is 37.1 Å². The molecule has 1 saturated carbocycles. The minimum atomic E-state index is 0.733. The Hall–Kier alpha value is -0.0800. The molecule has 0 bridgehead atoms. The Morgan fingerprint density at radius 1 is 1.17 bits per heavy atom. The van der Waals surface area contributed by atoms with Crippen molar-refractivity contribution in [2.75, 3.05) is 26.2 Å². The summed E-state index contributed by atoms with van der Waals surface area (Å²) in [5.74, 6) is 2.00. The summed E-state index contributed by atoms with van der Waals surface area (Å²) < 4.78 is 0. The average Bonchev–Trinajstić information content (AvgIpc) is 2.32. The summed E-state index contributed by atoms with van der Waals surface area (Å²) in [7, 11) is 0. The second kappa shape index (κ2) is 7.49.